The van der Waals surface area contributed by atoms with Gasteiger partial charge in [-0.2, -0.15) is 0 Å². The van der Waals surface area contributed by atoms with Crippen LogP contribution in [0.5, 0.6) is 5.75 Å². The third-order valence-electron chi connectivity index (χ3n) is 4.80. The normalized spacial score (nSPS) is 18.0. The van der Waals surface area contributed by atoms with Crippen LogP contribution in [-0.4, -0.2) is 23.9 Å². The van der Waals surface area contributed by atoms with Crippen LogP contribution in [0, 0.1) is 11.8 Å². The summed E-state index contributed by atoms with van der Waals surface area (Å²) in [5, 5.41) is 10.4. The Balaban J connectivity index is 1.78. The molecule has 1 atom stereocenters. The van der Waals surface area contributed by atoms with E-state index in [1.807, 2.05) is 72.8 Å². The highest BCUT2D eigenvalue weighted by atomic mass is 16.5. The van der Waals surface area contributed by atoms with Gasteiger partial charge in [0, 0.05) is 12.1 Å². The molecule has 0 amide bonds. The van der Waals surface area contributed by atoms with E-state index in [-0.39, 0.29) is 6.61 Å². The van der Waals surface area contributed by atoms with Crippen molar-refractivity contribution in [2.24, 2.45) is 0 Å². The number of para-hydroxylation sites is 2. The molecule has 3 nitrogen and oxygen atoms in total. The topological polar surface area (TPSA) is 32.7 Å². The molecule has 134 valence electrons. The summed E-state index contributed by atoms with van der Waals surface area (Å²) in [6.45, 7) is 0.840. The number of fused-ring (bicyclic) bond motifs is 1. The third kappa shape index (κ3) is 3.53. The van der Waals surface area contributed by atoms with Crippen molar-refractivity contribution in [2.45, 2.75) is 12.1 Å². The molecule has 3 heteroatoms. The van der Waals surface area contributed by atoms with Gasteiger partial charge in [-0.15, -0.1) is 0 Å². The Kier molecular flexibility index (Phi) is 4.82. The predicted octanol–water partition coefficient (Wildman–Crippen LogP) is 3.87. The highest BCUT2D eigenvalue weighted by molar-refractivity contribution is 5.64. The molecule has 3 aromatic carbocycles. The summed E-state index contributed by atoms with van der Waals surface area (Å²) in [6.07, 6.45) is 0. The van der Waals surface area contributed by atoms with Crippen LogP contribution in [0.15, 0.2) is 84.9 Å². The summed E-state index contributed by atoms with van der Waals surface area (Å²) < 4.78 is 5.98. The van der Waals surface area contributed by atoms with Crippen molar-refractivity contribution < 1.29 is 9.84 Å². The minimum absolute atomic E-state index is 0.117. The van der Waals surface area contributed by atoms with Crippen LogP contribution >= 0.6 is 0 Å². The number of anilines is 1. The zero-order chi connectivity index (χ0) is 18.5. The smallest absolute Gasteiger partial charge is 0.160 e. The number of nitrogens with zero attached hydrogens (tertiary/aromatic N) is 1. The van der Waals surface area contributed by atoms with Crippen LogP contribution in [0.25, 0.3) is 0 Å². The molecular weight excluding hydrogens is 334 g/mol. The quantitative estimate of drug-likeness (QED) is 0.724. The van der Waals surface area contributed by atoms with E-state index in [2.05, 4.69) is 28.9 Å². The zero-order valence-electron chi connectivity index (χ0n) is 15.0. The highest BCUT2D eigenvalue weighted by Gasteiger charge is 2.40. The second kappa shape index (κ2) is 7.57. The molecule has 27 heavy (non-hydrogen) atoms. The second-order valence-corrected chi connectivity index (χ2v) is 6.63. The lowest BCUT2D eigenvalue weighted by Crippen LogP contribution is -2.57. The van der Waals surface area contributed by atoms with E-state index in [4.69, 9.17) is 4.74 Å². The largest absolute Gasteiger partial charge is 0.488 e. The molecule has 0 unspecified atom stereocenters. The molecule has 4 rings (SSSR count). The monoisotopic (exact) mass is 355 g/mol. The molecular formula is C24H21NO2. The number of hydrogen-bond donors (Lipinski definition) is 1. The molecule has 0 bridgehead atoms. The Labute approximate surface area is 159 Å². The van der Waals surface area contributed by atoms with Crippen molar-refractivity contribution in [1.82, 2.24) is 0 Å². The molecule has 0 spiro atoms. The van der Waals surface area contributed by atoms with Crippen molar-refractivity contribution >= 4 is 5.69 Å². The maximum atomic E-state index is 10.4. The van der Waals surface area contributed by atoms with Crippen molar-refractivity contribution in [3.63, 3.8) is 0 Å². The summed E-state index contributed by atoms with van der Waals surface area (Å²) in [7, 11) is 0. The van der Waals surface area contributed by atoms with Gasteiger partial charge in [-0.3, -0.25) is 0 Å². The number of aliphatic hydroxyl groups excluding tert-OH is 1. The van der Waals surface area contributed by atoms with E-state index in [1.54, 1.807) is 0 Å². The van der Waals surface area contributed by atoms with E-state index in [0.29, 0.717) is 13.2 Å². The summed E-state index contributed by atoms with van der Waals surface area (Å²) in [6, 6.07) is 28.0. The van der Waals surface area contributed by atoms with E-state index < -0.39 is 5.54 Å². The van der Waals surface area contributed by atoms with Crippen molar-refractivity contribution in [3.05, 3.63) is 96.1 Å². The van der Waals surface area contributed by atoms with E-state index in [1.165, 1.54) is 0 Å². The van der Waals surface area contributed by atoms with Crippen LogP contribution < -0.4 is 9.64 Å². The fourth-order valence-electron chi connectivity index (χ4n) is 3.29. The number of ether oxygens (including phenoxy) is 1. The molecule has 0 aliphatic carbocycles. The summed E-state index contributed by atoms with van der Waals surface area (Å²) in [5.41, 5.74) is 2.22. The molecule has 0 aromatic heterocycles. The molecule has 3 aromatic rings. The minimum atomic E-state index is -0.806. The highest BCUT2D eigenvalue weighted by Crippen LogP contribution is 2.39. The van der Waals surface area contributed by atoms with Gasteiger partial charge in [0.05, 0.1) is 12.3 Å². The maximum Gasteiger partial charge on any atom is 0.160 e. The second-order valence-electron chi connectivity index (χ2n) is 6.63. The van der Waals surface area contributed by atoms with Gasteiger partial charge in [-0.1, -0.05) is 72.5 Å². The van der Waals surface area contributed by atoms with E-state index in [9.17, 15) is 5.11 Å². The predicted molar refractivity (Wildman–Crippen MR) is 108 cm³/mol. The lowest BCUT2D eigenvalue weighted by Gasteiger charge is -2.44. The van der Waals surface area contributed by atoms with Gasteiger partial charge in [-0.25, -0.2) is 0 Å². The molecule has 1 aliphatic heterocycles. The fraction of sp³-hybridized carbons (Fsp3) is 0.167. The first-order chi connectivity index (χ1) is 13.3. The van der Waals surface area contributed by atoms with E-state index in [0.717, 1.165) is 22.6 Å². The Morgan fingerprint density at radius 3 is 2.30 bits per heavy atom. The molecule has 0 radical (unpaired) electrons. The molecule has 1 aliphatic rings. The van der Waals surface area contributed by atoms with Gasteiger partial charge in [-0.05, 0) is 29.8 Å². The molecule has 0 fully saturated rings. The van der Waals surface area contributed by atoms with Gasteiger partial charge < -0.3 is 14.7 Å². The number of aliphatic hydroxyl groups is 1. The van der Waals surface area contributed by atoms with Gasteiger partial charge in [0.2, 0.25) is 0 Å². The average Bonchev–Trinajstić information content (AvgIpc) is 2.75. The van der Waals surface area contributed by atoms with E-state index >= 15 is 0 Å². The zero-order valence-corrected chi connectivity index (χ0v) is 15.0. The van der Waals surface area contributed by atoms with Gasteiger partial charge in [0.1, 0.15) is 12.4 Å². The Morgan fingerprint density at radius 2 is 1.56 bits per heavy atom. The first-order valence-corrected chi connectivity index (χ1v) is 9.03. The van der Waals surface area contributed by atoms with Crippen molar-refractivity contribution in [3.8, 4) is 17.6 Å². The Morgan fingerprint density at radius 1 is 0.889 bits per heavy atom. The molecule has 0 saturated heterocycles. The van der Waals surface area contributed by atoms with Crippen LogP contribution in [0.3, 0.4) is 0 Å². The molecule has 1 heterocycles. The van der Waals surface area contributed by atoms with Gasteiger partial charge in [0.25, 0.3) is 0 Å². The summed E-state index contributed by atoms with van der Waals surface area (Å²) >= 11 is 0. The lowest BCUT2D eigenvalue weighted by atomic mass is 9.95. The minimum Gasteiger partial charge on any atom is -0.488 e. The molecule has 1 N–H and O–H groups in total. The van der Waals surface area contributed by atoms with Crippen LogP contribution in [0.1, 0.15) is 11.1 Å². The SMILES string of the molecule is OC[C@]1(C#Cc2ccccc2)COc2ccccc2N1Cc1ccccc1. The Bertz CT molecular complexity index is 960. The van der Waals surface area contributed by atoms with Crippen molar-refractivity contribution in [1.29, 1.82) is 0 Å². The van der Waals surface area contributed by atoms with Gasteiger partial charge >= 0.3 is 0 Å². The van der Waals surface area contributed by atoms with Gasteiger partial charge in [0.15, 0.2) is 5.54 Å². The third-order valence-corrected chi connectivity index (χ3v) is 4.80. The standard InChI is InChI=1S/C24H21NO2/c26-18-24(16-15-20-9-3-1-4-10-20)19-27-23-14-8-7-13-22(23)25(24)17-21-11-5-2-6-12-21/h1-14,26H,17-19H2/t24-/m1/s1. The van der Waals surface area contributed by atoms with Crippen LogP contribution in [0.2, 0.25) is 0 Å². The first-order valence-electron chi connectivity index (χ1n) is 9.03. The average molecular weight is 355 g/mol. The van der Waals surface area contributed by atoms with Crippen molar-refractivity contribution in [2.75, 3.05) is 18.1 Å². The van der Waals surface area contributed by atoms with Crippen LogP contribution in [-0.2, 0) is 6.54 Å². The summed E-state index contributed by atoms with van der Waals surface area (Å²) in [4.78, 5) is 2.16. The first kappa shape index (κ1) is 17.2. The maximum absolute atomic E-state index is 10.4. The number of rotatable bonds is 3. The Hall–Kier alpha value is -3.22. The molecule has 0 saturated carbocycles. The number of hydrogen-bond acceptors (Lipinski definition) is 3. The van der Waals surface area contributed by atoms with Crippen LogP contribution in [0.4, 0.5) is 5.69 Å². The fourth-order valence-corrected chi connectivity index (χ4v) is 3.29. The summed E-state index contributed by atoms with van der Waals surface area (Å²) in [5.74, 6) is 7.35. The number of benzene rings is 3. The lowest BCUT2D eigenvalue weighted by molar-refractivity contribution is 0.148.